The van der Waals surface area contributed by atoms with E-state index in [-0.39, 0.29) is 13.4 Å². The van der Waals surface area contributed by atoms with E-state index in [9.17, 15) is 0 Å². The first-order valence-corrected chi connectivity index (χ1v) is 20.4. The molecule has 0 aliphatic carbocycles. The van der Waals surface area contributed by atoms with E-state index in [0.29, 0.717) is 0 Å². The number of aryl methyl sites for hydroxylation is 2. The van der Waals surface area contributed by atoms with Crippen molar-refractivity contribution in [2.45, 2.75) is 23.6 Å². The molecule has 262 valence electrons. The highest BCUT2D eigenvalue weighted by Crippen LogP contribution is 2.51. The summed E-state index contributed by atoms with van der Waals surface area (Å²) in [5, 5.41) is 5.22. The van der Waals surface area contributed by atoms with Crippen molar-refractivity contribution in [3.63, 3.8) is 0 Å². The van der Waals surface area contributed by atoms with Gasteiger partial charge in [0.1, 0.15) is 0 Å². The Kier molecular flexibility index (Phi) is 7.82. The molecule has 2 aliphatic rings. The van der Waals surface area contributed by atoms with E-state index in [1.807, 2.05) is 11.8 Å². The molecule has 0 saturated heterocycles. The van der Waals surface area contributed by atoms with Crippen LogP contribution in [0.4, 0.5) is 17.1 Å². The predicted octanol–water partition coefficient (Wildman–Crippen LogP) is 9.56. The van der Waals surface area contributed by atoms with Crippen LogP contribution in [0.25, 0.3) is 32.7 Å². The van der Waals surface area contributed by atoms with Crippen LogP contribution in [0, 0.1) is 13.8 Å². The predicted molar refractivity (Wildman–Crippen MR) is 244 cm³/mol. The molecule has 2 heterocycles. The SMILES string of the molecule is Cc1cc(N2c3ccccc3Sc3ccccc32)cc(C)c1B1c2ccccc2B(c2c3ccccc3c(-c3ccccc3)c3ccccc23)c2ccccc21. The number of hydrogen-bond acceptors (Lipinski definition) is 2. The van der Waals surface area contributed by atoms with E-state index in [2.05, 4.69) is 207 Å². The molecule has 1 nitrogen and oxygen atoms in total. The number of benzene rings is 9. The van der Waals surface area contributed by atoms with E-state index in [0.717, 1.165) is 0 Å². The fourth-order valence-corrected chi connectivity index (χ4v) is 11.0. The summed E-state index contributed by atoms with van der Waals surface area (Å²) in [5.41, 5.74) is 17.2. The molecule has 0 unspecified atom stereocenters. The van der Waals surface area contributed by atoms with Crippen LogP contribution < -0.4 is 37.7 Å². The Morgan fingerprint density at radius 2 is 0.786 bits per heavy atom. The van der Waals surface area contributed by atoms with Crippen LogP contribution >= 0.6 is 11.8 Å². The standard InChI is InChI=1S/C52H37B2NS/c1-34-32-37(55-46-28-14-16-30-48(46)56-49-31-17-15-29-47(49)55)33-35(2)51(34)53-42-24-10-12-26-44(42)54(45-27-13-11-25-43(45)53)52-40-22-8-6-20-38(40)50(36-18-4-3-5-19-36)39-21-7-9-23-41(39)52/h3-33H,1-2H3. The minimum atomic E-state index is 0.0667. The highest BCUT2D eigenvalue weighted by atomic mass is 32.2. The smallest absolute Gasteiger partial charge is 0.241 e. The first-order chi connectivity index (χ1) is 27.7. The number of hydrogen-bond donors (Lipinski definition) is 0. The second-order valence-corrected chi connectivity index (χ2v) is 16.3. The Morgan fingerprint density at radius 3 is 1.29 bits per heavy atom. The second kappa shape index (κ2) is 13.2. The van der Waals surface area contributed by atoms with E-state index >= 15 is 0 Å². The Labute approximate surface area is 333 Å². The molecule has 0 saturated carbocycles. The summed E-state index contributed by atoms with van der Waals surface area (Å²) in [5.74, 6) is 0. The maximum Gasteiger partial charge on any atom is 0.241 e. The summed E-state index contributed by atoms with van der Waals surface area (Å²) in [4.78, 5) is 5.02. The van der Waals surface area contributed by atoms with Gasteiger partial charge in [0.05, 0.1) is 11.4 Å². The van der Waals surface area contributed by atoms with Crippen molar-refractivity contribution in [1.29, 1.82) is 0 Å². The maximum atomic E-state index is 2.46. The molecule has 0 atom stereocenters. The molecule has 9 aromatic rings. The van der Waals surface area contributed by atoms with Crippen molar-refractivity contribution in [2.24, 2.45) is 0 Å². The van der Waals surface area contributed by atoms with Gasteiger partial charge >= 0.3 is 0 Å². The highest BCUT2D eigenvalue weighted by Gasteiger charge is 2.41. The zero-order valence-electron chi connectivity index (χ0n) is 31.4. The first kappa shape index (κ1) is 33.1. The van der Waals surface area contributed by atoms with Crippen LogP contribution in [0.3, 0.4) is 0 Å². The molecule has 0 fully saturated rings. The summed E-state index contributed by atoms with van der Waals surface area (Å²) in [6.45, 7) is 4.81. The fourth-order valence-electron chi connectivity index (χ4n) is 9.94. The molecule has 0 bridgehead atoms. The van der Waals surface area contributed by atoms with Gasteiger partial charge in [-0.25, -0.2) is 0 Å². The first-order valence-electron chi connectivity index (χ1n) is 19.6. The third-order valence-corrected chi connectivity index (χ3v) is 13.2. The molecule has 4 heteroatoms. The zero-order valence-corrected chi connectivity index (χ0v) is 32.2. The lowest BCUT2D eigenvalue weighted by Gasteiger charge is -2.36. The van der Waals surface area contributed by atoms with Crippen LogP contribution in [0.1, 0.15) is 11.1 Å². The van der Waals surface area contributed by atoms with E-state index in [4.69, 9.17) is 0 Å². The lowest BCUT2D eigenvalue weighted by atomic mass is 9.20. The van der Waals surface area contributed by atoms with Crippen molar-refractivity contribution < 1.29 is 0 Å². The number of para-hydroxylation sites is 2. The van der Waals surface area contributed by atoms with E-state index < -0.39 is 0 Å². The van der Waals surface area contributed by atoms with Crippen molar-refractivity contribution in [1.82, 2.24) is 0 Å². The van der Waals surface area contributed by atoms with Crippen molar-refractivity contribution in [3.05, 3.63) is 199 Å². The van der Waals surface area contributed by atoms with E-state index in [1.54, 1.807) is 0 Å². The molecule has 0 radical (unpaired) electrons. The number of fused-ring (bicyclic) bond motifs is 6. The minimum Gasteiger partial charge on any atom is -0.308 e. The van der Waals surface area contributed by atoms with Gasteiger partial charge in [0.25, 0.3) is 0 Å². The van der Waals surface area contributed by atoms with Gasteiger partial charge in [-0.05, 0) is 82.9 Å². The molecule has 11 rings (SSSR count). The second-order valence-electron chi connectivity index (χ2n) is 15.2. The van der Waals surface area contributed by atoms with Crippen LogP contribution in [-0.4, -0.2) is 13.4 Å². The van der Waals surface area contributed by atoms with Crippen molar-refractivity contribution in [3.8, 4) is 11.1 Å². The number of rotatable bonds is 4. The van der Waals surface area contributed by atoms with Gasteiger partial charge in [-0.1, -0.05) is 207 Å². The largest absolute Gasteiger partial charge is 0.308 e. The summed E-state index contributed by atoms with van der Waals surface area (Å²) in [6, 6.07) is 70.1. The minimum absolute atomic E-state index is 0.0667. The molecular weight excluding hydrogens is 692 g/mol. The molecule has 0 aromatic heterocycles. The topological polar surface area (TPSA) is 3.24 Å². The van der Waals surface area contributed by atoms with Gasteiger partial charge < -0.3 is 4.90 Å². The van der Waals surface area contributed by atoms with Gasteiger partial charge in [0, 0.05) is 15.5 Å². The third kappa shape index (κ3) is 5.06. The van der Waals surface area contributed by atoms with Crippen molar-refractivity contribution in [2.75, 3.05) is 4.90 Å². The quantitative estimate of drug-likeness (QED) is 0.131. The highest BCUT2D eigenvalue weighted by molar-refractivity contribution is 7.99. The van der Waals surface area contributed by atoms with Crippen molar-refractivity contribution >= 4 is 96.6 Å². The average molecular weight is 730 g/mol. The Morgan fingerprint density at radius 1 is 0.393 bits per heavy atom. The fraction of sp³-hybridized carbons (Fsp3) is 0.0385. The lowest BCUT2D eigenvalue weighted by molar-refractivity contribution is 1.16. The summed E-state index contributed by atoms with van der Waals surface area (Å²) in [6.07, 6.45) is 0. The van der Waals surface area contributed by atoms with Gasteiger partial charge in [0.15, 0.2) is 0 Å². The van der Waals surface area contributed by atoms with Crippen LogP contribution in [0.5, 0.6) is 0 Å². The number of anilines is 3. The Bertz CT molecular complexity index is 2840. The summed E-state index contributed by atoms with van der Waals surface area (Å²) < 4.78 is 0. The summed E-state index contributed by atoms with van der Waals surface area (Å²) >= 11 is 1.86. The molecule has 56 heavy (non-hydrogen) atoms. The average Bonchev–Trinajstić information content (AvgIpc) is 3.24. The lowest BCUT2D eigenvalue weighted by Crippen LogP contribution is -2.75. The van der Waals surface area contributed by atoms with Gasteiger partial charge in [-0.3, -0.25) is 0 Å². The van der Waals surface area contributed by atoms with E-state index in [1.165, 1.54) is 103 Å². The van der Waals surface area contributed by atoms with Crippen LogP contribution in [0.15, 0.2) is 198 Å². The molecule has 0 N–H and O–H groups in total. The Hall–Kier alpha value is -6.22. The molecule has 0 spiro atoms. The van der Waals surface area contributed by atoms with Gasteiger partial charge in [-0.2, -0.15) is 0 Å². The molecular formula is C52H37B2NS. The molecule has 9 aromatic carbocycles. The molecule has 2 aliphatic heterocycles. The van der Waals surface area contributed by atoms with Crippen LogP contribution in [-0.2, 0) is 0 Å². The third-order valence-electron chi connectivity index (χ3n) is 12.1. The zero-order chi connectivity index (χ0) is 37.3. The summed E-state index contributed by atoms with van der Waals surface area (Å²) in [7, 11) is 0. The molecule has 0 amide bonds. The Balaban J connectivity index is 1.13. The van der Waals surface area contributed by atoms with Gasteiger partial charge in [-0.15, -0.1) is 0 Å². The number of nitrogens with zero attached hydrogens (tertiary/aromatic N) is 1. The van der Waals surface area contributed by atoms with Crippen LogP contribution in [0.2, 0.25) is 0 Å². The normalized spacial score (nSPS) is 13.0. The maximum absolute atomic E-state index is 2.46. The monoisotopic (exact) mass is 729 g/mol. The van der Waals surface area contributed by atoms with Gasteiger partial charge in [0.2, 0.25) is 13.4 Å².